The summed E-state index contributed by atoms with van der Waals surface area (Å²) >= 11 is 0. The summed E-state index contributed by atoms with van der Waals surface area (Å²) < 4.78 is 26.0. The molecule has 0 aromatic heterocycles. The molecule has 186 valence electrons. The predicted molar refractivity (Wildman–Crippen MR) is 126 cm³/mol. The Morgan fingerprint density at radius 3 is 2.51 bits per heavy atom. The van der Waals surface area contributed by atoms with Crippen LogP contribution >= 0.6 is 0 Å². The van der Waals surface area contributed by atoms with E-state index in [0.717, 1.165) is 5.56 Å². The summed E-state index contributed by atoms with van der Waals surface area (Å²) in [5, 5.41) is 15.0. The minimum Gasteiger partial charge on any atom is -0.478 e. The van der Waals surface area contributed by atoms with Gasteiger partial charge in [0.05, 0.1) is 48.9 Å². The van der Waals surface area contributed by atoms with Crippen LogP contribution in [0.15, 0.2) is 36.4 Å². The molecule has 0 unspecified atom stereocenters. The first kappa shape index (κ1) is 24.3. The first-order valence-corrected chi connectivity index (χ1v) is 11.3. The van der Waals surface area contributed by atoms with E-state index in [4.69, 9.17) is 14.6 Å². The van der Waals surface area contributed by atoms with Gasteiger partial charge in [0, 0.05) is 32.6 Å². The number of halogens is 1. The molecule has 3 N–H and O–H groups in total. The zero-order chi connectivity index (χ0) is 24.9. The molecule has 2 aromatic carbocycles. The molecule has 11 heteroatoms. The van der Waals surface area contributed by atoms with E-state index in [1.165, 1.54) is 30.0 Å². The zero-order valence-electron chi connectivity index (χ0n) is 19.3. The van der Waals surface area contributed by atoms with E-state index >= 15 is 4.39 Å². The van der Waals surface area contributed by atoms with Crippen molar-refractivity contribution in [1.29, 1.82) is 0 Å². The molecule has 2 amide bonds. The number of anilines is 3. The van der Waals surface area contributed by atoms with E-state index in [2.05, 4.69) is 10.6 Å². The summed E-state index contributed by atoms with van der Waals surface area (Å²) in [6.45, 7) is 4.06. The summed E-state index contributed by atoms with van der Waals surface area (Å²) in [7, 11) is 0. The van der Waals surface area contributed by atoms with Gasteiger partial charge in [-0.15, -0.1) is 0 Å². The average Bonchev–Trinajstić information content (AvgIpc) is 3.22. The van der Waals surface area contributed by atoms with Crippen molar-refractivity contribution in [2.75, 3.05) is 54.5 Å². The third-order valence-electron chi connectivity index (χ3n) is 5.84. The Balaban J connectivity index is 1.60. The molecule has 0 saturated carbocycles. The standard InChI is InChI=1S/C24H27FN4O6/c1-15(30)26-13-18-14-29(24(33)35-18)22-10-19(25)21(28-6-8-34-9-7-28)11-20(22)27-12-16-2-4-17(5-3-16)23(31)32/h2-5,10-11,18,27H,6-9,12-14H2,1H3,(H,26,30)(H,31,32)/t18-/m0/s1. The van der Waals surface area contributed by atoms with Crippen LogP contribution in [0.3, 0.4) is 0 Å². The zero-order valence-corrected chi connectivity index (χ0v) is 19.3. The number of hydrogen-bond donors (Lipinski definition) is 3. The van der Waals surface area contributed by atoms with Crippen LogP contribution in [-0.4, -0.2) is 68.6 Å². The topological polar surface area (TPSA) is 120 Å². The number of carboxylic acid groups (broad SMARTS) is 1. The smallest absolute Gasteiger partial charge is 0.414 e. The van der Waals surface area contributed by atoms with Crippen LogP contribution in [0, 0.1) is 5.82 Å². The fourth-order valence-electron chi connectivity index (χ4n) is 4.01. The molecule has 0 bridgehead atoms. The highest BCUT2D eigenvalue weighted by molar-refractivity contribution is 5.95. The molecule has 1 atom stereocenters. The number of ether oxygens (including phenoxy) is 2. The van der Waals surface area contributed by atoms with Crippen LogP contribution in [0.5, 0.6) is 0 Å². The van der Waals surface area contributed by atoms with E-state index < -0.39 is 24.0 Å². The van der Waals surface area contributed by atoms with Gasteiger partial charge < -0.3 is 30.1 Å². The maximum atomic E-state index is 15.2. The maximum absolute atomic E-state index is 15.2. The second kappa shape index (κ2) is 10.6. The summed E-state index contributed by atoms with van der Waals surface area (Å²) in [6, 6.07) is 9.37. The van der Waals surface area contributed by atoms with Gasteiger partial charge in [-0.1, -0.05) is 12.1 Å². The lowest BCUT2D eigenvalue weighted by atomic mass is 10.1. The quantitative estimate of drug-likeness (QED) is 0.521. The Bertz CT molecular complexity index is 1100. The first-order valence-electron chi connectivity index (χ1n) is 11.3. The number of cyclic esters (lactones) is 1. The minimum atomic E-state index is -1.01. The van der Waals surface area contributed by atoms with Crippen molar-refractivity contribution >= 4 is 35.0 Å². The van der Waals surface area contributed by atoms with Gasteiger partial charge in [-0.25, -0.2) is 14.0 Å². The number of morpholine rings is 1. The van der Waals surface area contributed by atoms with Crippen molar-refractivity contribution in [3.05, 3.63) is 53.3 Å². The van der Waals surface area contributed by atoms with Crippen LogP contribution in [0.1, 0.15) is 22.8 Å². The summed E-state index contributed by atoms with van der Waals surface area (Å²) in [4.78, 5) is 38.2. The summed E-state index contributed by atoms with van der Waals surface area (Å²) in [6.07, 6.45) is -1.20. The Labute approximate surface area is 201 Å². The van der Waals surface area contributed by atoms with Crippen molar-refractivity contribution in [2.45, 2.75) is 19.6 Å². The molecular formula is C24H27FN4O6. The molecule has 4 rings (SSSR count). The van der Waals surface area contributed by atoms with Gasteiger partial charge in [-0.05, 0) is 23.8 Å². The fourth-order valence-corrected chi connectivity index (χ4v) is 4.01. The second-order valence-electron chi connectivity index (χ2n) is 8.33. The number of aromatic carboxylic acids is 1. The van der Waals surface area contributed by atoms with Crippen molar-refractivity contribution < 1.29 is 33.4 Å². The van der Waals surface area contributed by atoms with Gasteiger partial charge in [-0.2, -0.15) is 0 Å². The van der Waals surface area contributed by atoms with Gasteiger partial charge in [0.1, 0.15) is 11.9 Å². The van der Waals surface area contributed by atoms with Crippen molar-refractivity contribution in [2.24, 2.45) is 0 Å². The molecule has 10 nitrogen and oxygen atoms in total. The van der Waals surface area contributed by atoms with Crippen LogP contribution in [0.2, 0.25) is 0 Å². The number of hydrogen-bond acceptors (Lipinski definition) is 7. The van der Waals surface area contributed by atoms with E-state index in [9.17, 15) is 14.4 Å². The molecule has 2 saturated heterocycles. The molecule has 2 heterocycles. The Morgan fingerprint density at radius 1 is 1.14 bits per heavy atom. The molecule has 0 radical (unpaired) electrons. The van der Waals surface area contributed by atoms with E-state index in [1.807, 2.05) is 4.90 Å². The Kier molecular flexibility index (Phi) is 7.35. The normalized spacial score (nSPS) is 17.8. The number of carboxylic acids is 1. The maximum Gasteiger partial charge on any atom is 0.414 e. The van der Waals surface area contributed by atoms with Gasteiger partial charge in [0.2, 0.25) is 5.91 Å². The average molecular weight is 487 g/mol. The van der Waals surface area contributed by atoms with Crippen LogP contribution < -0.4 is 20.4 Å². The second-order valence-corrected chi connectivity index (χ2v) is 8.33. The third kappa shape index (κ3) is 5.80. The lowest BCUT2D eigenvalue weighted by Crippen LogP contribution is -2.37. The number of nitrogens with zero attached hydrogens (tertiary/aromatic N) is 2. The molecular weight excluding hydrogens is 459 g/mol. The van der Waals surface area contributed by atoms with E-state index in [0.29, 0.717) is 49.9 Å². The van der Waals surface area contributed by atoms with Crippen molar-refractivity contribution in [3.8, 4) is 0 Å². The Morgan fingerprint density at radius 2 is 1.86 bits per heavy atom. The largest absolute Gasteiger partial charge is 0.478 e. The lowest BCUT2D eigenvalue weighted by Gasteiger charge is -2.30. The van der Waals surface area contributed by atoms with E-state index in [1.54, 1.807) is 18.2 Å². The van der Waals surface area contributed by atoms with Gasteiger partial charge in [0.25, 0.3) is 0 Å². The highest BCUT2D eigenvalue weighted by atomic mass is 19.1. The highest BCUT2D eigenvalue weighted by Crippen LogP contribution is 2.36. The SMILES string of the molecule is CC(=O)NC[C@H]1CN(c2cc(F)c(N3CCOCC3)cc2NCc2ccc(C(=O)O)cc2)C(=O)O1. The minimum absolute atomic E-state index is 0.150. The molecule has 2 aliphatic heterocycles. The number of rotatable bonds is 8. The molecule has 0 spiro atoms. The van der Waals surface area contributed by atoms with Crippen molar-refractivity contribution in [3.63, 3.8) is 0 Å². The van der Waals surface area contributed by atoms with Crippen LogP contribution in [0.4, 0.5) is 26.2 Å². The van der Waals surface area contributed by atoms with Crippen LogP contribution in [0.25, 0.3) is 0 Å². The highest BCUT2D eigenvalue weighted by Gasteiger charge is 2.34. The molecule has 2 fully saturated rings. The molecule has 2 aromatic rings. The van der Waals surface area contributed by atoms with Crippen LogP contribution in [-0.2, 0) is 20.8 Å². The monoisotopic (exact) mass is 486 g/mol. The van der Waals surface area contributed by atoms with Gasteiger partial charge in [-0.3, -0.25) is 9.69 Å². The van der Waals surface area contributed by atoms with Gasteiger partial charge in [0.15, 0.2) is 0 Å². The number of amides is 2. The Hall–Kier alpha value is -3.86. The van der Waals surface area contributed by atoms with Crippen molar-refractivity contribution in [1.82, 2.24) is 5.32 Å². The van der Waals surface area contributed by atoms with E-state index in [-0.39, 0.29) is 24.6 Å². The fraction of sp³-hybridized carbons (Fsp3) is 0.375. The number of carbonyl (C=O) groups excluding carboxylic acids is 2. The lowest BCUT2D eigenvalue weighted by molar-refractivity contribution is -0.119. The predicted octanol–water partition coefficient (Wildman–Crippen LogP) is 2.43. The first-order chi connectivity index (χ1) is 16.8. The molecule has 2 aliphatic rings. The molecule has 0 aliphatic carbocycles. The number of benzene rings is 2. The van der Waals surface area contributed by atoms with Gasteiger partial charge >= 0.3 is 12.1 Å². The molecule has 35 heavy (non-hydrogen) atoms. The summed E-state index contributed by atoms with van der Waals surface area (Å²) in [5.41, 5.74) is 2.22. The summed E-state index contributed by atoms with van der Waals surface area (Å²) in [5.74, 6) is -1.73. The number of carbonyl (C=O) groups is 3. The third-order valence-corrected chi connectivity index (χ3v) is 5.84. The number of nitrogens with one attached hydrogen (secondary N) is 2.